The summed E-state index contributed by atoms with van der Waals surface area (Å²) < 4.78 is 15.3. The van der Waals surface area contributed by atoms with Crippen LogP contribution < -0.4 is 10.6 Å². The molecule has 0 aliphatic rings. The minimum absolute atomic E-state index is 0. The van der Waals surface area contributed by atoms with E-state index in [1.54, 1.807) is 22.3 Å². The van der Waals surface area contributed by atoms with Crippen LogP contribution in [0.3, 0.4) is 0 Å². The number of H-pyrrole nitrogens is 1. The summed E-state index contributed by atoms with van der Waals surface area (Å²) in [5.41, 5.74) is 1.28. The maximum atomic E-state index is 13.8. The van der Waals surface area contributed by atoms with Crippen molar-refractivity contribution < 1.29 is 4.39 Å². The molecule has 0 amide bonds. The van der Waals surface area contributed by atoms with E-state index in [0.717, 1.165) is 15.3 Å². The second-order valence-electron chi connectivity index (χ2n) is 5.12. The third-order valence-electron chi connectivity index (χ3n) is 3.32. The molecule has 0 fully saturated rings. The Morgan fingerprint density at radius 3 is 2.74 bits per heavy atom. The lowest BCUT2D eigenvalue weighted by Crippen LogP contribution is -2.16. The van der Waals surface area contributed by atoms with Crippen molar-refractivity contribution in [2.75, 3.05) is 19.0 Å². The summed E-state index contributed by atoms with van der Waals surface area (Å²) in [6, 6.07) is 9.03. The number of rotatable bonds is 4. The number of anilines is 1. The summed E-state index contributed by atoms with van der Waals surface area (Å²) in [6.07, 6.45) is 1.48. The zero-order valence-electron chi connectivity index (χ0n) is 12.6. The van der Waals surface area contributed by atoms with Gasteiger partial charge in [-0.25, -0.2) is 14.3 Å². The Balaban J connectivity index is 0.00000192. The van der Waals surface area contributed by atoms with Crippen LogP contribution in [0.1, 0.15) is 4.88 Å². The Kier molecular flexibility index (Phi) is 5.23. The number of nitrogens with zero attached hydrogens (tertiary/aromatic N) is 3. The quantitative estimate of drug-likeness (QED) is 0.783. The van der Waals surface area contributed by atoms with Gasteiger partial charge in [-0.05, 0) is 29.8 Å². The van der Waals surface area contributed by atoms with E-state index in [1.807, 2.05) is 32.3 Å². The molecule has 0 saturated carbocycles. The van der Waals surface area contributed by atoms with E-state index < -0.39 is 0 Å². The molecule has 3 rings (SSSR count). The highest BCUT2D eigenvalue weighted by molar-refractivity contribution is 7.15. The molecular weight excluding hydrogens is 339 g/mol. The summed E-state index contributed by atoms with van der Waals surface area (Å²) in [5.74, 6) is -0.240. The Bertz CT molecular complexity index is 855. The molecule has 0 unspecified atom stereocenters. The second-order valence-corrected chi connectivity index (χ2v) is 6.28. The van der Waals surface area contributed by atoms with Gasteiger partial charge in [-0.1, -0.05) is 6.07 Å². The third kappa shape index (κ3) is 3.62. The molecule has 0 spiro atoms. The van der Waals surface area contributed by atoms with Crippen molar-refractivity contribution in [1.29, 1.82) is 0 Å². The normalized spacial score (nSPS) is 10.4. The van der Waals surface area contributed by atoms with E-state index in [0.29, 0.717) is 12.2 Å². The Morgan fingerprint density at radius 1 is 1.30 bits per heavy atom. The number of nitrogens with one attached hydrogen (secondary N) is 1. The molecule has 8 heteroatoms. The molecule has 3 aromatic rings. The molecule has 0 aliphatic heterocycles. The molecule has 0 aliphatic carbocycles. The maximum Gasteiger partial charge on any atom is 0.343 e. The summed E-state index contributed by atoms with van der Waals surface area (Å²) in [4.78, 5) is 15.3. The van der Waals surface area contributed by atoms with Crippen LogP contribution in [-0.2, 0) is 6.54 Å². The van der Waals surface area contributed by atoms with E-state index >= 15 is 0 Å². The van der Waals surface area contributed by atoms with Crippen LogP contribution in [0.2, 0.25) is 0 Å². The van der Waals surface area contributed by atoms with E-state index in [2.05, 4.69) is 10.2 Å². The fraction of sp³-hybridized carbons (Fsp3) is 0.200. The molecule has 0 saturated heterocycles. The van der Waals surface area contributed by atoms with Gasteiger partial charge in [-0.2, -0.15) is 5.10 Å². The number of aromatic amines is 1. The molecule has 122 valence electrons. The highest BCUT2D eigenvalue weighted by Crippen LogP contribution is 2.31. The van der Waals surface area contributed by atoms with Crippen LogP contribution in [0, 0.1) is 5.82 Å². The maximum absolute atomic E-state index is 13.8. The first-order valence-electron chi connectivity index (χ1n) is 6.70. The van der Waals surface area contributed by atoms with Gasteiger partial charge in [0.15, 0.2) is 0 Å². The SMILES string of the molecule is CN(C)c1cc(-c2ccc(Cn3cn[nH]c3=O)s2)ccc1F.Cl. The van der Waals surface area contributed by atoms with Crippen LogP contribution in [0.5, 0.6) is 0 Å². The number of halogens is 2. The predicted octanol–water partition coefficient (Wildman–Crippen LogP) is 2.98. The molecule has 1 N–H and O–H groups in total. The lowest BCUT2D eigenvalue weighted by molar-refractivity contribution is 0.626. The van der Waals surface area contributed by atoms with Crippen molar-refractivity contribution in [2.45, 2.75) is 6.54 Å². The van der Waals surface area contributed by atoms with Gasteiger partial charge < -0.3 is 4.90 Å². The molecule has 0 bridgehead atoms. The number of hydrogen-bond donors (Lipinski definition) is 1. The minimum atomic E-state index is -0.240. The van der Waals surface area contributed by atoms with E-state index in [4.69, 9.17) is 0 Å². The first-order valence-corrected chi connectivity index (χ1v) is 7.52. The minimum Gasteiger partial charge on any atom is -0.375 e. The van der Waals surface area contributed by atoms with Gasteiger partial charge in [0, 0.05) is 23.8 Å². The molecule has 0 atom stereocenters. The highest BCUT2D eigenvalue weighted by Gasteiger charge is 2.09. The second kappa shape index (κ2) is 6.97. The molecule has 0 radical (unpaired) electrons. The van der Waals surface area contributed by atoms with Gasteiger partial charge in [-0.3, -0.25) is 4.57 Å². The van der Waals surface area contributed by atoms with Gasteiger partial charge in [0.2, 0.25) is 0 Å². The Morgan fingerprint density at radius 2 is 2.09 bits per heavy atom. The number of aromatic nitrogens is 3. The monoisotopic (exact) mass is 354 g/mol. The number of hydrogen-bond acceptors (Lipinski definition) is 4. The smallest absolute Gasteiger partial charge is 0.343 e. The van der Waals surface area contributed by atoms with Gasteiger partial charge in [0.05, 0.1) is 12.2 Å². The first-order chi connectivity index (χ1) is 10.5. The summed E-state index contributed by atoms with van der Waals surface area (Å²) in [5, 5.41) is 6.07. The zero-order valence-corrected chi connectivity index (χ0v) is 14.2. The van der Waals surface area contributed by atoms with Crippen molar-refractivity contribution in [2.24, 2.45) is 0 Å². The topological polar surface area (TPSA) is 53.9 Å². The summed E-state index contributed by atoms with van der Waals surface area (Å²) in [7, 11) is 3.63. The van der Waals surface area contributed by atoms with Crippen LogP contribution in [0.4, 0.5) is 10.1 Å². The number of benzene rings is 1. The first kappa shape index (κ1) is 17.2. The largest absolute Gasteiger partial charge is 0.375 e. The molecule has 1 aromatic carbocycles. The highest BCUT2D eigenvalue weighted by atomic mass is 35.5. The van der Waals surface area contributed by atoms with E-state index in [1.165, 1.54) is 17.0 Å². The van der Waals surface area contributed by atoms with Gasteiger partial charge in [-0.15, -0.1) is 23.7 Å². The fourth-order valence-corrected chi connectivity index (χ4v) is 3.18. The molecule has 5 nitrogen and oxygen atoms in total. The average molecular weight is 355 g/mol. The van der Waals surface area contributed by atoms with Crippen LogP contribution in [0.15, 0.2) is 41.5 Å². The fourth-order valence-electron chi connectivity index (χ4n) is 2.18. The van der Waals surface area contributed by atoms with Crippen molar-refractivity contribution in [3.05, 3.63) is 57.8 Å². The van der Waals surface area contributed by atoms with E-state index in [-0.39, 0.29) is 23.9 Å². The van der Waals surface area contributed by atoms with Crippen molar-refractivity contribution >= 4 is 29.4 Å². The molecule has 2 aromatic heterocycles. The van der Waals surface area contributed by atoms with Crippen LogP contribution >= 0.6 is 23.7 Å². The molecule has 23 heavy (non-hydrogen) atoms. The van der Waals surface area contributed by atoms with Crippen molar-refractivity contribution in [1.82, 2.24) is 14.8 Å². The predicted molar refractivity (Wildman–Crippen MR) is 93.2 cm³/mol. The van der Waals surface area contributed by atoms with Crippen LogP contribution in [-0.4, -0.2) is 28.9 Å². The molecular formula is C15H16ClFN4OS. The zero-order chi connectivity index (χ0) is 15.7. The van der Waals surface area contributed by atoms with Crippen LogP contribution in [0.25, 0.3) is 10.4 Å². The molecule has 2 heterocycles. The van der Waals surface area contributed by atoms with Gasteiger partial charge in [0.1, 0.15) is 12.1 Å². The van der Waals surface area contributed by atoms with Gasteiger partial charge >= 0.3 is 5.69 Å². The Hall–Kier alpha value is -2.12. The van der Waals surface area contributed by atoms with Gasteiger partial charge in [0.25, 0.3) is 0 Å². The Labute approximate surface area is 142 Å². The average Bonchev–Trinajstić information content (AvgIpc) is 3.10. The third-order valence-corrected chi connectivity index (χ3v) is 4.44. The van der Waals surface area contributed by atoms with Crippen molar-refractivity contribution in [3.8, 4) is 10.4 Å². The lowest BCUT2D eigenvalue weighted by atomic mass is 10.1. The van der Waals surface area contributed by atoms with E-state index in [9.17, 15) is 9.18 Å². The lowest BCUT2D eigenvalue weighted by Gasteiger charge is -2.14. The summed E-state index contributed by atoms with van der Waals surface area (Å²) >= 11 is 1.58. The summed E-state index contributed by atoms with van der Waals surface area (Å²) in [6.45, 7) is 0.474. The number of thiophene rings is 1. The standard InChI is InChI=1S/C15H15FN4OS.ClH/c1-19(2)13-7-10(3-5-12(13)16)14-6-4-11(22-14)8-20-9-17-18-15(20)21;/h3-7,9H,8H2,1-2H3,(H,18,21);1H. The van der Waals surface area contributed by atoms with Crippen molar-refractivity contribution in [3.63, 3.8) is 0 Å².